The van der Waals surface area contributed by atoms with Crippen LogP contribution in [0, 0.1) is 6.92 Å². The standard InChI is InChI=1S/C14H19NO4S/c1-8-11(12(16)17)9-5-6-15(7-10(9)20-8)13(18)19-14(2,3)4/h5-7H2,1-4H3,(H,16,17). The molecule has 2 rings (SSSR count). The molecule has 0 aromatic carbocycles. The lowest BCUT2D eigenvalue weighted by Gasteiger charge is -2.30. The van der Waals surface area contributed by atoms with Gasteiger partial charge in [0.2, 0.25) is 0 Å². The van der Waals surface area contributed by atoms with E-state index in [2.05, 4.69) is 0 Å². The molecule has 1 amide bonds. The SMILES string of the molecule is Cc1sc2c(c1C(=O)O)CCN(C(=O)OC(C)(C)C)C2. The third-order valence-corrected chi connectivity index (χ3v) is 4.23. The van der Waals surface area contributed by atoms with E-state index in [1.807, 2.05) is 27.7 Å². The molecule has 1 aromatic heterocycles. The van der Waals surface area contributed by atoms with Crippen molar-refractivity contribution in [1.29, 1.82) is 0 Å². The van der Waals surface area contributed by atoms with Crippen molar-refractivity contribution in [2.75, 3.05) is 6.54 Å². The molecule has 0 saturated heterocycles. The fraction of sp³-hybridized carbons (Fsp3) is 0.571. The number of thiophene rings is 1. The number of hydrogen-bond acceptors (Lipinski definition) is 4. The zero-order valence-electron chi connectivity index (χ0n) is 12.1. The summed E-state index contributed by atoms with van der Waals surface area (Å²) in [4.78, 5) is 26.7. The molecule has 1 aliphatic rings. The summed E-state index contributed by atoms with van der Waals surface area (Å²) in [5.74, 6) is -0.884. The molecule has 2 heterocycles. The number of rotatable bonds is 1. The maximum Gasteiger partial charge on any atom is 0.410 e. The molecule has 6 heteroatoms. The molecule has 0 unspecified atom stereocenters. The molecule has 1 aromatic rings. The molecule has 20 heavy (non-hydrogen) atoms. The maximum absolute atomic E-state index is 12.0. The molecule has 1 N–H and O–H groups in total. The quantitative estimate of drug-likeness (QED) is 0.865. The van der Waals surface area contributed by atoms with Gasteiger partial charge in [0.05, 0.1) is 12.1 Å². The van der Waals surface area contributed by atoms with Crippen molar-refractivity contribution in [3.63, 3.8) is 0 Å². The van der Waals surface area contributed by atoms with Crippen molar-refractivity contribution in [3.8, 4) is 0 Å². The van der Waals surface area contributed by atoms with Crippen LogP contribution in [-0.4, -0.2) is 34.2 Å². The van der Waals surface area contributed by atoms with Gasteiger partial charge in [-0.05, 0) is 39.7 Å². The highest BCUT2D eigenvalue weighted by atomic mass is 32.1. The van der Waals surface area contributed by atoms with E-state index in [1.54, 1.807) is 4.90 Å². The summed E-state index contributed by atoms with van der Waals surface area (Å²) in [5, 5.41) is 9.24. The fourth-order valence-corrected chi connectivity index (χ4v) is 3.53. The maximum atomic E-state index is 12.0. The van der Waals surface area contributed by atoms with E-state index < -0.39 is 11.6 Å². The number of carbonyl (C=O) groups is 2. The number of hydrogen-bond donors (Lipinski definition) is 1. The van der Waals surface area contributed by atoms with Crippen LogP contribution < -0.4 is 0 Å². The highest BCUT2D eigenvalue weighted by Crippen LogP contribution is 2.33. The minimum atomic E-state index is -0.884. The van der Waals surface area contributed by atoms with Crippen molar-refractivity contribution in [3.05, 3.63) is 20.9 Å². The Bertz CT molecular complexity index is 556. The van der Waals surface area contributed by atoms with Crippen LogP contribution in [0.1, 0.15) is 46.4 Å². The number of carboxylic acids is 1. The van der Waals surface area contributed by atoms with Crippen LogP contribution in [0.5, 0.6) is 0 Å². The Morgan fingerprint density at radius 2 is 2.00 bits per heavy atom. The van der Waals surface area contributed by atoms with Crippen LogP contribution in [0.15, 0.2) is 0 Å². The van der Waals surface area contributed by atoms with Crippen molar-refractivity contribution in [1.82, 2.24) is 4.90 Å². The predicted molar refractivity (Wildman–Crippen MR) is 76.4 cm³/mol. The topological polar surface area (TPSA) is 66.8 Å². The lowest BCUT2D eigenvalue weighted by atomic mass is 10.0. The molecule has 110 valence electrons. The van der Waals surface area contributed by atoms with Crippen molar-refractivity contribution >= 4 is 23.4 Å². The number of aromatic carboxylic acids is 1. The van der Waals surface area contributed by atoms with E-state index >= 15 is 0 Å². The smallest absolute Gasteiger partial charge is 0.410 e. The number of ether oxygens (including phenoxy) is 1. The second kappa shape index (κ2) is 5.09. The van der Waals surface area contributed by atoms with Gasteiger partial charge in [0.15, 0.2) is 0 Å². The third kappa shape index (κ3) is 2.95. The molecule has 0 bridgehead atoms. The van der Waals surface area contributed by atoms with Gasteiger partial charge in [-0.2, -0.15) is 0 Å². The highest BCUT2D eigenvalue weighted by Gasteiger charge is 2.30. The first-order chi connectivity index (χ1) is 9.19. The number of carboxylic acid groups (broad SMARTS) is 1. The van der Waals surface area contributed by atoms with Crippen LogP contribution in [-0.2, 0) is 17.7 Å². The molecular formula is C14H19NO4S. The van der Waals surface area contributed by atoms with Crippen molar-refractivity contribution in [2.24, 2.45) is 0 Å². The summed E-state index contributed by atoms with van der Waals surface area (Å²) < 4.78 is 5.35. The first-order valence-corrected chi connectivity index (χ1v) is 7.33. The number of nitrogens with zero attached hydrogens (tertiary/aromatic N) is 1. The summed E-state index contributed by atoms with van der Waals surface area (Å²) in [5.41, 5.74) is 0.767. The Labute approximate surface area is 122 Å². The highest BCUT2D eigenvalue weighted by molar-refractivity contribution is 7.12. The fourth-order valence-electron chi connectivity index (χ4n) is 2.30. The molecule has 5 nitrogen and oxygen atoms in total. The zero-order chi connectivity index (χ0) is 15.1. The second-order valence-corrected chi connectivity index (χ2v) is 7.20. The zero-order valence-corrected chi connectivity index (χ0v) is 13.0. The van der Waals surface area contributed by atoms with Gasteiger partial charge in [0.25, 0.3) is 0 Å². The first-order valence-electron chi connectivity index (χ1n) is 6.51. The summed E-state index contributed by atoms with van der Waals surface area (Å²) in [7, 11) is 0. The lowest BCUT2D eigenvalue weighted by Crippen LogP contribution is -2.39. The lowest BCUT2D eigenvalue weighted by molar-refractivity contribution is 0.0226. The molecule has 0 saturated carbocycles. The average Bonchev–Trinajstić information content (AvgIpc) is 2.61. The second-order valence-electron chi connectivity index (χ2n) is 5.89. The van der Waals surface area contributed by atoms with Gasteiger partial charge in [-0.25, -0.2) is 9.59 Å². The van der Waals surface area contributed by atoms with Crippen LogP contribution in [0.3, 0.4) is 0 Å². The summed E-state index contributed by atoms with van der Waals surface area (Å²) >= 11 is 1.45. The molecular weight excluding hydrogens is 278 g/mol. The predicted octanol–water partition coefficient (Wildman–Crippen LogP) is 3.05. The van der Waals surface area contributed by atoms with E-state index in [9.17, 15) is 14.7 Å². The minimum absolute atomic E-state index is 0.342. The van der Waals surface area contributed by atoms with Crippen molar-refractivity contribution in [2.45, 2.75) is 46.3 Å². The number of amides is 1. The molecule has 0 aliphatic carbocycles. The number of carbonyl (C=O) groups excluding carboxylic acids is 1. The van der Waals surface area contributed by atoms with E-state index in [4.69, 9.17) is 4.74 Å². The van der Waals surface area contributed by atoms with Crippen molar-refractivity contribution < 1.29 is 19.4 Å². The van der Waals surface area contributed by atoms with E-state index in [0.717, 1.165) is 15.3 Å². The van der Waals surface area contributed by atoms with Gasteiger partial charge in [-0.3, -0.25) is 0 Å². The van der Waals surface area contributed by atoms with Crippen LogP contribution in [0.2, 0.25) is 0 Å². The van der Waals surface area contributed by atoms with Crippen LogP contribution in [0.4, 0.5) is 4.79 Å². The molecule has 0 radical (unpaired) electrons. The Morgan fingerprint density at radius 3 is 2.55 bits per heavy atom. The van der Waals surface area contributed by atoms with Gasteiger partial charge in [0.1, 0.15) is 5.60 Å². The summed E-state index contributed by atoms with van der Waals surface area (Å²) in [6.45, 7) is 8.24. The summed E-state index contributed by atoms with van der Waals surface area (Å²) in [6.07, 6.45) is 0.228. The third-order valence-electron chi connectivity index (χ3n) is 3.10. The van der Waals surface area contributed by atoms with Gasteiger partial charge in [-0.1, -0.05) is 0 Å². The molecule has 0 atom stereocenters. The first kappa shape index (κ1) is 14.8. The van der Waals surface area contributed by atoms with Gasteiger partial charge >= 0.3 is 12.1 Å². The normalized spacial score (nSPS) is 14.9. The van der Waals surface area contributed by atoms with Gasteiger partial charge < -0.3 is 14.7 Å². The summed E-state index contributed by atoms with van der Waals surface area (Å²) in [6, 6.07) is 0. The Balaban J connectivity index is 2.18. The number of fused-ring (bicyclic) bond motifs is 1. The Hall–Kier alpha value is -1.56. The molecule has 1 aliphatic heterocycles. The van der Waals surface area contributed by atoms with Crippen LogP contribution >= 0.6 is 11.3 Å². The van der Waals surface area contributed by atoms with Crippen LogP contribution in [0.25, 0.3) is 0 Å². The van der Waals surface area contributed by atoms with Gasteiger partial charge in [0, 0.05) is 16.3 Å². The largest absolute Gasteiger partial charge is 0.478 e. The van der Waals surface area contributed by atoms with E-state index in [0.29, 0.717) is 25.1 Å². The monoisotopic (exact) mass is 297 g/mol. The average molecular weight is 297 g/mol. The van der Waals surface area contributed by atoms with E-state index in [-0.39, 0.29) is 6.09 Å². The minimum Gasteiger partial charge on any atom is -0.478 e. The molecule has 0 fully saturated rings. The number of aryl methyl sites for hydroxylation is 1. The molecule has 0 spiro atoms. The van der Waals surface area contributed by atoms with Gasteiger partial charge in [-0.15, -0.1) is 11.3 Å². The van der Waals surface area contributed by atoms with E-state index in [1.165, 1.54) is 11.3 Å². The Morgan fingerprint density at radius 1 is 1.35 bits per heavy atom. The Kier molecular flexibility index (Phi) is 3.77.